The first kappa shape index (κ1) is 32.6. The summed E-state index contributed by atoms with van der Waals surface area (Å²) in [5, 5.41) is 5.04. The Morgan fingerprint density at radius 1 is 0.268 bits per heavy atom. The molecule has 0 spiro atoms. The van der Waals surface area contributed by atoms with E-state index in [1.165, 1.54) is 68.2 Å². The second-order valence-corrected chi connectivity index (χ2v) is 16.1. The Labute approximate surface area is 331 Å². The van der Waals surface area contributed by atoms with Gasteiger partial charge in [-0.1, -0.05) is 146 Å². The molecular weight excluding hydrogens is 719 g/mol. The zero-order valence-corrected chi connectivity index (χ0v) is 31.7. The van der Waals surface area contributed by atoms with Crippen molar-refractivity contribution in [2.24, 2.45) is 0 Å². The van der Waals surface area contributed by atoms with Gasteiger partial charge < -0.3 is 0 Å². The van der Waals surface area contributed by atoms with E-state index in [4.69, 9.17) is 15.0 Å². The van der Waals surface area contributed by atoms with Crippen molar-refractivity contribution in [1.29, 1.82) is 0 Å². The largest absolute Gasteiger partial charge is 0.208 e. The van der Waals surface area contributed by atoms with Gasteiger partial charge in [-0.25, -0.2) is 15.0 Å². The van der Waals surface area contributed by atoms with Gasteiger partial charge in [0, 0.05) is 57.0 Å². The predicted molar refractivity (Wildman–Crippen MR) is 238 cm³/mol. The van der Waals surface area contributed by atoms with E-state index in [-0.39, 0.29) is 0 Å². The fourth-order valence-electron chi connectivity index (χ4n) is 7.73. The zero-order valence-electron chi connectivity index (χ0n) is 30.1. The standard InChI is InChI=1S/C51H31N3S2/c1-3-11-32(12-4-1)36-15-9-16-37(29-36)38-25-27-47-44(30-38)42-19-10-18-40(48(42)56-47)33-21-23-35(24-22-33)50-52-49(34-13-5-2-6-14-34)53-51(54-50)39-26-28-46-43(31-39)41-17-7-8-20-45(41)55-46/h1-31H. The molecule has 262 valence electrons. The van der Waals surface area contributed by atoms with Gasteiger partial charge >= 0.3 is 0 Å². The molecule has 0 N–H and O–H groups in total. The van der Waals surface area contributed by atoms with Crippen LogP contribution in [0.5, 0.6) is 0 Å². The third-order valence-corrected chi connectivity index (χ3v) is 12.9. The van der Waals surface area contributed by atoms with Gasteiger partial charge in [-0.15, -0.1) is 22.7 Å². The molecule has 3 aromatic heterocycles. The Kier molecular flexibility index (Phi) is 7.87. The van der Waals surface area contributed by atoms with E-state index in [2.05, 4.69) is 170 Å². The lowest BCUT2D eigenvalue weighted by atomic mass is 9.97. The van der Waals surface area contributed by atoms with Crippen molar-refractivity contribution in [1.82, 2.24) is 15.0 Å². The number of fused-ring (bicyclic) bond motifs is 6. The first-order chi connectivity index (χ1) is 27.7. The second kappa shape index (κ2) is 13.5. The molecule has 0 radical (unpaired) electrons. The minimum Gasteiger partial charge on any atom is -0.208 e. The van der Waals surface area contributed by atoms with Gasteiger partial charge in [-0.3, -0.25) is 0 Å². The lowest BCUT2D eigenvalue weighted by Gasteiger charge is -2.10. The van der Waals surface area contributed by atoms with Crippen LogP contribution in [0.3, 0.4) is 0 Å². The Balaban J connectivity index is 0.968. The highest BCUT2D eigenvalue weighted by molar-refractivity contribution is 7.26. The average Bonchev–Trinajstić information content (AvgIpc) is 3.85. The molecule has 0 fully saturated rings. The summed E-state index contributed by atoms with van der Waals surface area (Å²) in [5.41, 5.74) is 10.2. The number of benzene rings is 8. The van der Waals surface area contributed by atoms with E-state index in [0.29, 0.717) is 17.5 Å². The Morgan fingerprint density at radius 2 is 0.732 bits per heavy atom. The molecule has 0 amide bonds. The van der Waals surface area contributed by atoms with E-state index < -0.39 is 0 Å². The molecule has 5 heteroatoms. The molecule has 0 unspecified atom stereocenters. The van der Waals surface area contributed by atoms with Crippen molar-refractivity contribution in [2.75, 3.05) is 0 Å². The molecule has 3 nitrogen and oxygen atoms in total. The lowest BCUT2D eigenvalue weighted by molar-refractivity contribution is 1.07. The van der Waals surface area contributed by atoms with Crippen LogP contribution < -0.4 is 0 Å². The van der Waals surface area contributed by atoms with Crippen LogP contribution >= 0.6 is 22.7 Å². The van der Waals surface area contributed by atoms with Gasteiger partial charge in [0.25, 0.3) is 0 Å². The SMILES string of the molecule is c1ccc(-c2cccc(-c3ccc4sc5c(-c6ccc(-c7nc(-c8ccccc8)nc(-c8ccc9sc%10ccccc%10c9c8)n7)cc6)cccc5c4c3)c2)cc1. The maximum Gasteiger partial charge on any atom is 0.164 e. The molecule has 56 heavy (non-hydrogen) atoms. The van der Waals surface area contributed by atoms with Crippen molar-refractivity contribution in [2.45, 2.75) is 0 Å². The minimum atomic E-state index is 0.652. The lowest BCUT2D eigenvalue weighted by Crippen LogP contribution is -2.00. The van der Waals surface area contributed by atoms with E-state index in [0.717, 1.165) is 22.3 Å². The van der Waals surface area contributed by atoms with Gasteiger partial charge in [0.1, 0.15) is 0 Å². The molecule has 11 aromatic rings. The summed E-state index contributed by atoms with van der Waals surface area (Å²) in [6.07, 6.45) is 0. The molecule has 8 aromatic carbocycles. The first-order valence-electron chi connectivity index (χ1n) is 18.7. The topological polar surface area (TPSA) is 38.7 Å². The quantitative estimate of drug-likeness (QED) is 0.170. The van der Waals surface area contributed by atoms with E-state index in [1.54, 1.807) is 0 Å². The molecule has 0 bridgehead atoms. The minimum absolute atomic E-state index is 0.652. The molecular formula is C51H31N3S2. The van der Waals surface area contributed by atoms with Crippen LogP contribution in [-0.2, 0) is 0 Å². The number of aromatic nitrogens is 3. The Hall–Kier alpha value is -6.79. The van der Waals surface area contributed by atoms with Gasteiger partial charge in [0.15, 0.2) is 17.5 Å². The van der Waals surface area contributed by atoms with Crippen LogP contribution in [0, 0.1) is 0 Å². The second-order valence-electron chi connectivity index (χ2n) is 14.0. The monoisotopic (exact) mass is 749 g/mol. The van der Waals surface area contributed by atoms with Crippen molar-refractivity contribution >= 4 is 63.0 Å². The first-order valence-corrected chi connectivity index (χ1v) is 20.3. The van der Waals surface area contributed by atoms with Crippen LogP contribution in [0.25, 0.3) is 108 Å². The maximum atomic E-state index is 5.09. The van der Waals surface area contributed by atoms with Crippen LogP contribution in [0.2, 0.25) is 0 Å². The summed E-state index contributed by atoms with van der Waals surface area (Å²) in [5.74, 6) is 1.97. The van der Waals surface area contributed by atoms with Crippen molar-refractivity contribution in [3.63, 3.8) is 0 Å². The molecule has 11 rings (SSSR count). The average molecular weight is 750 g/mol. The third-order valence-electron chi connectivity index (χ3n) is 10.6. The van der Waals surface area contributed by atoms with Crippen LogP contribution in [-0.4, -0.2) is 15.0 Å². The summed E-state index contributed by atoms with van der Waals surface area (Å²) in [6.45, 7) is 0. The summed E-state index contributed by atoms with van der Waals surface area (Å²) in [6, 6.07) is 66.9. The van der Waals surface area contributed by atoms with Gasteiger partial charge in [-0.2, -0.15) is 0 Å². The van der Waals surface area contributed by atoms with Crippen LogP contribution in [0.15, 0.2) is 188 Å². The van der Waals surface area contributed by atoms with Crippen LogP contribution in [0.4, 0.5) is 0 Å². The number of hydrogen-bond acceptors (Lipinski definition) is 5. The zero-order chi connectivity index (χ0) is 37.0. The van der Waals surface area contributed by atoms with Gasteiger partial charge in [0.05, 0.1) is 0 Å². The van der Waals surface area contributed by atoms with Gasteiger partial charge in [0.2, 0.25) is 0 Å². The van der Waals surface area contributed by atoms with E-state index >= 15 is 0 Å². The Bertz CT molecular complexity index is 3240. The highest BCUT2D eigenvalue weighted by Crippen LogP contribution is 2.42. The molecule has 3 heterocycles. The molecule has 0 saturated carbocycles. The van der Waals surface area contributed by atoms with E-state index in [1.807, 2.05) is 40.9 Å². The number of hydrogen-bond donors (Lipinski definition) is 0. The molecule has 0 aliphatic heterocycles. The summed E-state index contributed by atoms with van der Waals surface area (Å²) >= 11 is 3.67. The molecule has 0 atom stereocenters. The molecule has 0 saturated heterocycles. The van der Waals surface area contributed by atoms with E-state index in [9.17, 15) is 0 Å². The summed E-state index contributed by atoms with van der Waals surface area (Å²) in [7, 11) is 0. The highest BCUT2D eigenvalue weighted by atomic mass is 32.1. The highest BCUT2D eigenvalue weighted by Gasteiger charge is 2.16. The maximum absolute atomic E-state index is 5.09. The smallest absolute Gasteiger partial charge is 0.164 e. The molecule has 0 aliphatic rings. The Morgan fingerprint density at radius 3 is 1.50 bits per heavy atom. The summed E-state index contributed by atoms with van der Waals surface area (Å²) < 4.78 is 5.11. The van der Waals surface area contributed by atoms with Gasteiger partial charge in [-0.05, 0) is 75.8 Å². The predicted octanol–water partition coefficient (Wildman–Crippen LogP) is 14.6. The third kappa shape index (κ3) is 5.77. The number of nitrogens with zero attached hydrogens (tertiary/aromatic N) is 3. The number of thiophene rings is 2. The fourth-order valence-corrected chi connectivity index (χ4v) is 10.0. The van der Waals surface area contributed by atoms with Crippen molar-refractivity contribution < 1.29 is 0 Å². The van der Waals surface area contributed by atoms with Crippen molar-refractivity contribution in [3.8, 4) is 67.5 Å². The normalized spacial score (nSPS) is 11.6. The molecule has 0 aliphatic carbocycles. The number of rotatable bonds is 6. The summed E-state index contributed by atoms with van der Waals surface area (Å²) in [4.78, 5) is 15.1. The fraction of sp³-hybridized carbons (Fsp3) is 0. The van der Waals surface area contributed by atoms with Crippen molar-refractivity contribution in [3.05, 3.63) is 188 Å². The van der Waals surface area contributed by atoms with Crippen LogP contribution in [0.1, 0.15) is 0 Å².